The molecule has 0 aromatic heterocycles. The summed E-state index contributed by atoms with van der Waals surface area (Å²) in [6.07, 6.45) is -4.49. The maximum absolute atomic E-state index is 13.9. The van der Waals surface area contributed by atoms with Crippen molar-refractivity contribution in [2.45, 2.75) is 12.1 Å². The van der Waals surface area contributed by atoms with Crippen LogP contribution in [0.5, 0.6) is 0 Å². The molecule has 0 radical (unpaired) electrons. The number of para-hydroxylation sites is 1. The normalized spacial score (nSPS) is 19.7. The molecule has 2 unspecified atom stereocenters. The molecule has 1 aliphatic rings. The third kappa shape index (κ3) is 3.63. The number of hydrogen-bond acceptors (Lipinski definition) is 3. The quantitative estimate of drug-likeness (QED) is 0.282. The highest BCUT2D eigenvalue weighted by Crippen LogP contribution is 2.34. The lowest BCUT2D eigenvalue weighted by Gasteiger charge is -2.23. The Morgan fingerprint density at radius 2 is 1.74 bits per heavy atom. The fourth-order valence-electron chi connectivity index (χ4n) is 3.05. The summed E-state index contributed by atoms with van der Waals surface area (Å²) in [5.74, 6) is 1.53. The molecule has 1 saturated heterocycles. The van der Waals surface area contributed by atoms with E-state index in [0.717, 1.165) is 18.2 Å². The van der Waals surface area contributed by atoms with Crippen LogP contribution < -0.4 is 16.2 Å². The zero-order valence-corrected chi connectivity index (χ0v) is 13.8. The van der Waals surface area contributed by atoms with Crippen molar-refractivity contribution in [1.82, 2.24) is 5.32 Å². The molecule has 142 valence electrons. The molecular formula is C18H15F4N3O2. The van der Waals surface area contributed by atoms with Gasteiger partial charge in [0.05, 0.1) is 11.3 Å². The first kappa shape index (κ1) is 18.8. The van der Waals surface area contributed by atoms with Gasteiger partial charge in [0.2, 0.25) is 5.91 Å². The molecule has 0 aliphatic carbocycles. The van der Waals surface area contributed by atoms with Crippen molar-refractivity contribution in [3.05, 3.63) is 65.5 Å². The van der Waals surface area contributed by atoms with Crippen molar-refractivity contribution in [2.75, 3.05) is 11.6 Å². The molecule has 0 saturated carbocycles. The van der Waals surface area contributed by atoms with Crippen LogP contribution in [0.3, 0.4) is 0 Å². The summed E-state index contributed by atoms with van der Waals surface area (Å²) in [5.41, 5.74) is -0.659. The summed E-state index contributed by atoms with van der Waals surface area (Å²) in [4.78, 5) is 24.9. The summed E-state index contributed by atoms with van der Waals surface area (Å²) in [7, 11) is 0. The van der Waals surface area contributed by atoms with Gasteiger partial charge in [0, 0.05) is 12.5 Å². The maximum atomic E-state index is 13.9. The fourth-order valence-corrected chi connectivity index (χ4v) is 3.05. The topological polar surface area (TPSA) is 75.4 Å². The molecule has 3 rings (SSSR count). The number of hydrazine groups is 1. The van der Waals surface area contributed by atoms with Crippen LogP contribution in [0, 0.1) is 11.7 Å². The Labute approximate surface area is 151 Å². The number of halogens is 4. The number of nitrogens with two attached hydrogens (primary N) is 1. The molecule has 2 aromatic carbocycles. The van der Waals surface area contributed by atoms with E-state index in [2.05, 4.69) is 5.32 Å². The first-order chi connectivity index (χ1) is 12.7. The molecule has 9 heteroatoms. The summed E-state index contributed by atoms with van der Waals surface area (Å²) in [6, 6.07) is 9.51. The number of rotatable bonds is 3. The number of nitrogens with zero attached hydrogens (tertiary/aromatic N) is 1. The van der Waals surface area contributed by atoms with Gasteiger partial charge in [-0.2, -0.15) is 13.2 Å². The summed E-state index contributed by atoms with van der Waals surface area (Å²) < 4.78 is 52.0. The van der Waals surface area contributed by atoms with E-state index in [4.69, 9.17) is 5.84 Å². The largest absolute Gasteiger partial charge is 0.416 e. The first-order valence-corrected chi connectivity index (χ1v) is 7.98. The van der Waals surface area contributed by atoms with Gasteiger partial charge in [-0.3, -0.25) is 9.59 Å². The van der Waals surface area contributed by atoms with Crippen LogP contribution in [0.25, 0.3) is 0 Å². The Morgan fingerprint density at radius 3 is 2.33 bits per heavy atom. The average molecular weight is 381 g/mol. The fraction of sp³-hybridized carbons (Fsp3) is 0.222. The van der Waals surface area contributed by atoms with Gasteiger partial charge in [-0.25, -0.2) is 15.2 Å². The number of hydrogen-bond donors (Lipinski definition) is 2. The van der Waals surface area contributed by atoms with E-state index < -0.39 is 41.2 Å². The molecule has 1 heterocycles. The van der Waals surface area contributed by atoms with Gasteiger partial charge in [-0.15, -0.1) is 0 Å². The Bertz CT molecular complexity index is 868. The maximum Gasteiger partial charge on any atom is 0.416 e. The number of carbonyl (C=O) groups is 2. The second kappa shape index (κ2) is 6.99. The van der Waals surface area contributed by atoms with Crippen molar-refractivity contribution in [2.24, 2.45) is 11.8 Å². The molecule has 27 heavy (non-hydrogen) atoms. The molecule has 2 aromatic rings. The molecule has 2 amide bonds. The summed E-state index contributed by atoms with van der Waals surface area (Å²) in [5, 5.41) is 3.06. The van der Waals surface area contributed by atoms with Crippen LogP contribution in [-0.2, 0) is 15.8 Å². The number of alkyl halides is 3. The molecule has 1 fully saturated rings. The zero-order valence-electron chi connectivity index (χ0n) is 13.8. The lowest BCUT2D eigenvalue weighted by molar-refractivity contribution is -0.137. The number of nitrogens with one attached hydrogen (secondary N) is 1. The molecular weight excluding hydrogens is 366 g/mol. The van der Waals surface area contributed by atoms with Gasteiger partial charge in [-0.1, -0.05) is 24.3 Å². The van der Waals surface area contributed by atoms with Crippen molar-refractivity contribution < 1.29 is 27.2 Å². The minimum atomic E-state index is -4.49. The predicted octanol–water partition coefficient (Wildman–Crippen LogP) is 2.58. The summed E-state index contributed by atoms with van der Waals surface area (Å²) >= 11 is 0. The zero-order chi connectivity index (χ0) is 19.8. The van der Waals surface area contributed by atoms with E-state index >= 15 is 0 Å². The highest BCUT2D eigenvalue weighted by molar-refractivity contribution is 6.09. The lowest BCUT2D eigenvalue weighted by Crippen LogP contribution is -2.45. The molecule has 1 aliphatic heterocycles. The van der Waals surface area contributed by atoms with Crippen molar-refractivity contribution in [3.63, 3.8) is 0 Å². The second-order valence-corrected chi connectivity index (χ2v) is 6.11. The smallest absolute Gasteiger partial charge is 0.355 e. The molecule has 0 bridgehead atoms. The van der Waals surface area contributed by atoms with Gasteiger partial charge in [0.15, 0.2) is 0 Å². The highest BCUT2D eigenvalue weighted by atomic mass is 19.4. The van der Waals surface area contributed by atoms with Crippen LogP contribution in [0.15, 0.2) is 48.5 Å². The lowest BCUT2D eigenvalue weighted by atomic mass is 9.87. The Morgan fingerprint density at radius 1 is 1.11 bits per heavy atom. The first-order valence-electron chi connectivity index (χ1n) is 7.98. The van der Waals surface area contributed by atoms with E-state index in [0.29, 0.717) is 10.6 Å². The van der Waals surface area contributed by atoms with Crippen molar-refractivity contribution in [1.29, 1.82) is 0 Å². The molecule has 0 spiro atoms. The van der Waals surface area contributed by atoms with Crippen LogP contribution in [-0.4, -0.2) is 18.4 Å². The number of benzene rings is 2. The van der Waals surface area contributed by atoms with E-state index in [1.165, 1.54) is 30.3 Å². The minimum absolute atomic E-state index is 0.0612. The van der Waals surface area contributed by atoms with Gasteiger partial charge < -0.3 is 5.32 Å². The monoisotopic (exact) mass is 381 g/mol. The second-order valence-electron chi connectivity index (χ2n) is 6.11. The number of carbonyl (C=O) groups excluding carboxylic acids is 2. The van der Waals surface area contributed by atoms with Crippen LogP contribution in [0.2, 0.25) is 0 Å². The predicted molar refractivity (Wildman–Crippen MR) is 88.8 cm³/mol. The number of amides is 2. The third-order valence-corrected chi connectivity index (χ3v) is 4.46. The van der Waals surface area contributed by atoms with Gasteiger partial charge >= 0.3 is 6.18 Å². The van der Waals surface area contributed by atoms with E-state index in [1.54, 1.807) is 0 Å². The third-order valence-electron chi connectivity index (χ3n) is 4.46. The van der Waals surface area contributed by atoms with Crippen molar-refractivity contribution >= 4 is 17.5 Å². The molecule has 3 N–H and O–H groups in total. The highest BCUT2D eigenvalue weighted by Gasteiger charge is 2.43. The standard InChI is InChI=1S/C18H15F4N3O2/c19-13-3-1-2-4-14(13)25(23)17(27)15-12(9-24-16(15)26)10-5-7-11(8-6-10)18(20,21)22/h1-8,12,15H,9,23H2,(H,24,26). The number of anilines is 1. The van der Waals surface area contributed by atoms with E-state index in [-0.39, 0.29) is 12.2 Å². The van der Waals surface area contributed by atoms with Gasteiger partial charge in [-0.05, 0) is 29.8 Å². The van der Waals surface area contributed by atoms with E-state index in [1.807, 2.05) is 0 Å². The average Bonchev–Trinajstić information content (AvgIpc) is 3.02. The Balaban J connectivity index is 1.88. The van der Waals surface area contributed by atoms with E-state index in [9.17, 15) is 27.2 Å². The molecule has 5 nitrogen and oxygen atoms in total. The SMILES string of the molecule is NN(C(=O)C1C(=O)NCC1c1ccc(C(F)(F)F)cc1)c1ccccc1F. The summed E-state index contributed by atoms with van der Waals surface area (Å²) in [6.45, 7) is 0.0612. The minimum Gasteiger partial charge on any atom is -0.355 e. The molecule has 2 atom stereocenters. The van der Waals surface area contributed by atoms with Crippen LogP contribution >= 0.6 is 0 Å². The van der Waals surface area contributed by atoms with Crippen LogP contribution in [0.4, 0.5) is 23.2 Å². The van der Waals surface area contributed by atoms with Crippen LogP contribution in [0.1, 0.15) is 17.0 Å². The van der Waals surface area contributed by atoms with Crippen molar-refractivity contribution in [3.8, 4) is 0 Å². The van der Waals surface area contributed by atoms with Gasteiger partial charge in [0.1, 0.15) is 11.7 Å². The Kier molecular flexibility index (Phi) is 4.88. The Hall–Kier alpha value is -2.94. The van der Waals surface area contributed by atoms with Gasteiger partial charge in [0.25, 0.3) is 5.91 Å².